The Bertz CT molecular complexity index is 726. The van der Waals surface area contributed by atoms with E-state index in [9.17, 15) is 4.79 Å². The molecular formula is C18H17BrClNO2. The van der Waals surface area contributed by atoms with E-state index in [1.54, 1.807) is 7.11 Å². The van der Waals surface area contributed by atoms with E-state index in [-0.39, 0.29) is 5.91 Å². The Balaban J connectivity index is 1.89. The fraction of sp³-hybridized carbons (Fsp3) is 0.278. The van der Waals surface area contributed by atoms with Gasteiger partial charge in [0.25, 0.3) is 0 Å². The van der Waals surface area contributed by atoms with Crippen molar-refractivity contribution >= 4 is 39.1 Å². The number of methoxy groups -OCH3 is 1. The summed E-state index contributed by atoms with van der Waals surface area (Å²) in [5, 5.41) is 3.71. The Morgan fingerprint density at radius 2 is 1.91 bits per heavy atom. The summed E-state index contributed by atoms with van der Waals surface area (Å²) < 4.78 is 6.23. The van der Waals surface area contributed by atoms with Gasteiger partial charge in [-0.25, -0.2) is 0 Å². The number of amides is 1. The number of rotatable bonds is 4. The highest BCUT2D eigenvalue weighted by molar-refractivity contribution is 9.10. The van der Waals surface area contributed by atoms with Crippen LogP contribution in [0.3, 0.4) is 0 Å². The molecule has 0 saturated heterocycles. The summed E-state index contributed by atoms with van der Waals surface area (Å²) in [5.41, 5.74) is 1.21. The maximum absolute atomic E-state index is 13.0. The SMILES string of the molecule is COc1ccc(Br)cc1NC(=O)C1(c2ccc(Cl)cc2)CCC1. The molecule has 0 aromatic heterocycles. The molecule has 1 aliphatic carbocycles. The minimum atomic E-state index is -0.474. The van der Waals surface area contributed by atoms with E-state index in [0.29, 0.717) is 16.5 Å². The number of nitrogens with one attached hydrogen (secondary N) is 1. The van der Waals surface area contributed by atoms with Crippen LogP contribution in [0.15, 0.2) is 46.9 Å². The average Bonchev–Trinajstić information content (AvgIpc) is 2.48. The summed E-state index contributed by atoms with van der Waals surface area (Å²) in [6, 6.07) is 13.1. The fourth-order valence-electron chi connectivity index (χ4n) is 2.97. The van der Waals surface area contributed by atoms with E-state index in [0.717, 1.165) is 29.3 Å². The van der Waals surface area contributed by atoms with Crippen LogP contribution in [0, 0.1) is 0 Å². The van der Waals surface area contributed by atoms with Crippen LogP contribution in [0.2, 0.25) is 5.02 Å². The van der Waals surface area contributed by atoms with Crippen molar-refractivity contribution in [1.82, 2.24) is 0 Å². The molecule has 2 aromatic rings. The summed E-state index contributed by atoms with van der Waals surface area (Å²) in [6.07, 6.45) is 2.74. The van der Waals surface area contributed by atoms with Gasteiger partial charge in [-0.3, -0.25) is 4.79 Å². The third-order valence-electron chi connectivity index (χ3n) is 4.45. The first kappa shape index (κ1) is 16.3. The van der Waals surface area contributed by atoms with Crippen LogP contribution in [-0.4, -0.2) is 13.0 Å². The molecule has 3 nitrogen and oxygen atoms in total. The van der Waals surface area contributed by atoms with Crippen molar-refractivity contribution in [3.8, 4) is 5.75 Å². The van der Waals surface area contributed by atoms with Gasteiger partial charge in [0.1, 0.15) is 5.75 Å². The number of anilines is 1. The average molecular weight is 395 g/mol. The monoisotopic (exact) mass is 393 g/mol. The van der Waals surface area contributed by atoms with Gasteiger partial charge in [0.2, 0.25) is 5.91 Å². The minimum Gasteiger partial charge on any atom is -0.495 e. The Morgan fingerprint density at radius 1 is 1.22 bits per heavy atom. The van der Waals surface area contributed by atoms with Gasteiger partial charge in [-0.15, -0.1) is 0 Å². The summed E-state index contributed by atoms with van der Waals surface area (Å²) >= 11 is 9.40. The van der Waals surface area contributed by atoms with Crippen LogP contribution in [0.1, 0.15) is 24.8 Å². The van der Waals surface area contributed by atoms with Gasteiger partial charge in [-0.1, -0.05) is 46.1 Å². The van der Waals surface area contributed by atoms with Crippen molar-refractivity contribution in [3.05, 3.63) is 57.5 Å². The van der Waals surface area contributed by atoms with Gasteiger partial charge in [-0.2, -0.15) is 0 Å². The lowest BCUT2D eigenvalue weighted by Gasteiger charge is -2.40. The van der Waals surface area contributed by atoms with E-state index < -0.39 is 5.41 Å². The van der Waals surface area contributed by atoms with Gasteiger partial charge in [0.15, 0.2) is 0 Å². The molecule has 23 heavy (non-hydrogen) atoms. The first-order valence-corrected chi connectivity index (χ1v) is 8.63. The van der Waals surface area contributed by atoms with E-state index in [1.807, 2.05) is 42.5 Å². The van der Waals surface area contributed by atoms with Crippen LogP contribution in [0.25, 0.3) is 0 Å². The smallest absolute Gasteiger partial charge is 0.235 e. The molecule has 3 rings (SSSR count). The van der Waals surface area contributed by atoms with Gasteiger partial charge in [0, 0.05) is 9.50 Å². The maximum Gasteiger partial charge on any atom is 0.235 e. The number of ether oxygens (including phenoxy) is 1. The molecule has 0 radical (unpaired) electrons. The number of hydrogen-bond acceptors (Lipinski definition) is 2. The highest BCUT2D eigenvalue weighted by atomic mass is 79.9. The molecule has 1 saturated carbocycles. The molecule has 0 spiro atoms. The minimum absolute atomic E-state index is 0.00229. The zero-order valence-corrected chi connectivity index (χ0v) is 15.1. The fourth-order valence-corrected chi connectivity index (χ4v) is 3.45. The lowest BCUT2D eigenvalue weighted by Crippen LogP contribution is -2.46. The zero-order valence-electron chi connectivity index (χ0n) is 12.7. The van der Waals surface area contributed by atoms with Gasteiger partial charge < -0.3 is 10.1 Å². The zero-order chi connectivity index (χ0) is 16.4. The molecule has 5 heteroatoms. The van der Waals surface area contributed by atoms with Crippen molar-refractivity contribution < 1.29 is 9.53 Å². The number of hydrogen-bond donors (Lipinski definition) is 1. The van der Waals surface area contributed by atoms with Crippen molar-refractivity contribution in [1.29, 1.82) is 0 Å². The number of benzene rings is 2. The molecule has 1 fully saturated rings. The molecule has 120 valence electrons. The van der Waals surface area contributed by atoms with Crippen molar-refractivity contribution in [2.24, 2.45) is 0 Å². The molecule has 0 aliphatic heterocycles. The van der Waals surface area contributed by atoms with Crippen LogP contribution >= 0.6 is 27.5 Å². The molecule has 1 amide bonds. The number of carbonyl (C=O) groups excluding carboxylic acids is 1. The molecule has 1 aliphatic rings. The summed E-state index contributed by atoms with van der Waals surface area (Å²) in [4.78, 5) is 13.0. The normalized spacial score (nSPS) is 15.6. The first-order chi connectivity index (χ1) is 11.0. The lowest BCUT2D eigenvalue weighted by molar-refractivity contribution is -0.124. The predicted molar refractivity (Wildman–Crippen MR) is 96.3 cm³/mol. The second kappa shape index (κ2) is 6.54. The van der Waals surface area contributed by atoms with Crippen LogP contribution in [-0.2, 0) is 10.2 Å². The third kappa shape index (κ3) is 3.10. The van der Waals surface area contributed by atoms with E-state index in [1.165, 1.54) is 0 Å². The maximum atomic E-state index is 13.0. The number of carbonyl (C=O) groups is 1. The summed E-state index contributed by atoms with van der Waals surface area (Å²) in [7, 11) is 1.59. The molecule has 2 aromatic carbocycles. The molecule has 0 heterocycles. The lowest BCUT2D eigenvalue weighted by atomic mass is 9.64. The van der Waals surface area contributed by atoms with Gasteiger partial charge in [0.05, 0.1) is 18.2 Å². The molecule has 0 atom stereocenters. The second-order valence-electron chi connectivity index (χ2n) is 5.74. The van der Waals surface area contributed by atoms with Crippen molar-refractivity contribution in [2.75, 3.05) is 12.4 Å². The van der Waals surface area contributed by atoms with E-state index in [4.69, 9.17) is 16.3 Å². The van der Waals surface area contributed by atoms with Crippen LogP contribution in [0.4, 0.5) is 5.69 Å². The topological polar surface area (TPSA) is 38.3 Å². The Morgan fingerprint density at radius 3 is 2.48 bits per heavy atom. The summed E-state index contributed by atoms with van der Waals surface area (Å²) in [6.45, 7) is 0. The number of halogens is 2. The molecule has 0 unspecified atom stereocenters. The standard InChI is InChI=1S/C18H17BrClNO2/c1-23-16-8-5-13(19)11-15(16)21-17(22)18(9-2-10-18)12-3-6-14(20)7-4-12/h3-8,11H,2,9-10H2,1H3,(H,21,22). The Kier molecular flexibility index (Phi) is 4.64. The Labute approximate surface area is 149 Å². The van der Waals surface area contributed by atoms with Crippen LogP contribution < -0.4 is 10.1 Å². The first-order valence-electron chi connectivity index (χ1n) is 7.46. The van der Waals surface area contributed by atoms with E-state index in [2.05, 4.69) is 21.2 Å². The molecule has 1 N–H and O–H groups in total. The van der Waals surface area contributed by atoms with Gasteiger partial charge >= 0.3 is 0 Å². The second-order valence-corrected chi connectivity index (χ2v) is 7.09. The quantitative estimate of drug-likeness (QED) is 0.776. The largest absolute Gasteiger partial charge is 0.495 e. The highest BCUT2D eigenvalue weighted by Crippen LogP contribution is 2.45. The third-order valence-corrected chi connectivity index (χ3v) is 5.19. The highest BCUT2D eigenvalue weighted by Gasteiger charge is 2.45. The summed E-state index contributed by atoms with van der Waals surface area (Å²) in [5.74, 6) is 0.648. The van der Waals surface area contributed by atoms with E-state index >= 15 is 0 Å². The van der Waals surface area contributed by atoms with Gasteiger partial charge in [-0.05, 0) is 48.7 Å². The molecule has 0 bridgehead atoms. The van der Waals surface area contributed by atoms with Crippen molar-refractivity contribution in [2.45, 2.75) is 24.7 Å². The Hall–Kier alpha value is -1.52. The van der Waals surface area contributed by atoms with Crippen molar-refractivity contribution in [3.63, 3.8) is 0 Å². The molecular weight excluding hydrogens is 378 g/mol. The predicted octanol–water partition coefficient (Wildman–Crippen LogP) is 5.17. The van der Waals surface area contributed by atoms with Crippen LogP contribution in [0.5, 0.6) is 5.75 Å².